The predicted molar refractivity (Wildman–Crippen MR) is 156 cm³/mol. The Morgan fingerprint density at radius 3 is 2.20 bits per heavy atom. The predicted octanol–water partition coefficient (Wildman–Crippen LogP) is 5.91. The van der Waals surface area contributed by atoms with E-state index < -0.39 is 34.3 Å². The highest BCUT2D eigenvalue weighted by atomic mass is 35.5. The molecule has 0 bridgehead atoms. The van der Waals surface area contributed by atoms with Gasteiger partial charge in [-0.2, -0.15) is 0 Å². The van der Waals surface area contributed by atoms with Crippen LogP contribution in [0.3, 0.4) is 0 Å². The first-order valence-corrected chi connectivity index (χ1v) is 15.0. The number of rotatable bonds is 12. The van der Waals surface area contributed by atoms with Gasteiger partial charge in [0.25, 0.3) is 10.0 Å². The Morgan fingerprint density at radius 1 is 0.950 bits per heavy atom. The molecule has 40 heavy (non-hydrogen) atoms. The van der Waals surface area contributed by atoms with Gasteiger partial charge in [-0.1, -0.05) is 80.4 Å². The average Bonchev–Trinajstić information content (AvgIpc) is 2.93. The lowest BCUT2D eigenvalue weighted by atomic mass is 10.1. The van der Waals surface area contributed by atoms with E-state index in [0.29, 0.717) is 17.1 Å². The topological polar surface area (TPSA) is 86.8 Å². The number of nitrogens with zero attached hydrogens (tertiary/aromatic N) is 2. The Balaban J connectivity index is 2.07. The van der Waals surface area contributed by atoms with Crippen molar-refractivity contribution in [3.63, 3.8) is 0 Å². The standard InChI is InChI=1S/C29H32Cl2FN3O4S/c1-4-27(29(37)33-17-20(2)3)34(18-21-10-8-9-13-24(21)30)28(36)19-35(22-14-15-26(32)25(31)16-22)40(38,39)23-11-6-5-7-12-23/h5-16,20,27H,4,17-19H2,1-3H3,(H,33,37)/t27-/m1/s1. The van der Waals surface area contributed by atoms with E-state index in [1.807, 2.05) is 13.8 Å². The molecule has 1 N–H and O–H groups in total. The zero-order chi connectivity index (χ0) is 29.4. The van der Waals surface area contributed by atoms with Crippen LogP contribution in [0.15, 0.2) is 77.7 Å². The molecule has 2 amide bonds. The van der Waals surface area contributed by atoms with Gasteiger partial charge in [0.2, 0.25) is 11.8 Å². The van der Waals surface area contributed by atoms with Crippen molar-refractivity contribution in [1.82, 2.24) is 10.2 Å². The van der Waals surface area contributed by atoms with Gasteiger partial charge in [-0.05, 0) is 54.3 Å². The number of benzene rings is 3. The molecule has 0 aliphatic carbocycles. The normalized spacial score (nSPS) is 12.2. The summed E-state index contributed by atoms with van der Waals surface area (Å²) in [4.78, 5) is 28.5. The minimum atomic E-state index is -4.29. The summed E-state index contributed by atoms with van der Waals surface area (Å²) in [5.41, 5.74) is 0.591. The van der Waals surface area contributed by atoms with Gasteiger partial charge in [-0.3, -0.25) is 13.9 Å². The van der Waals surface area contributed by atoms with Crippen LogP contribution < -0.4 is 9.62 Å². The molecular formula is C29H32Cl2FN3O4S. The fourth-order valence-corrected chi connectivity index (χ4v) is 5.84. The molecule has 0 saturated heterocycles. The molecule has 214 valence electrons. The fourth-order valence-electron chi connectivity index (χ4n) is 4.04. The van der Waals surface area contributed by atoms with Gasteiger partial charge in [0.1, 0.15) is 18.4 Å². The summed E-state index contributed by atoms with van der Waals surface area (Å²) in [6.07, 6.45) is 0.272. The van der Waals surface area contributed by atoms with Gasteiger partial charge in [0.15, 0.2) is 0 Å². The number of nitrogens with one attached hydrogen (secondary N) is 1. The number of hydrogen-bond acceptors (Lipinski definition) is 4. The average molecular weight is 609 g/mol. The lowest BCUT2D eigenvalue weighted by Crippen LogP contribution is -2.52. The molecule has 7 nitrogen and oxygen atoms in total. The zero-order valence-corrected chi connectivity index (χ0v) is 24.8. The summed E-state index contributed by atoms with van der Waals surface area (Å²) in [7, 11) is -4.29. The van der Waals surface area contributed by atoms with Crippen LogP contribution in [0.5, 0.6) is 0 Å². The maximum Gasteiger partial charge on any atom is 0.264 e. The summed E-state index contributed by atoms with van der Waals surface area (Å²) < 4.78 is 42.4. The van der Waals surface area contributed by atoms with E-state index in [1.54, 1.807) is 49.4 Å². The largest absolute Gasteiger partial charge is 0.354 e. The molecule has 0 aliphatic heterocycles. The van der Waals surface area contributed by atoms with Gasteiger partial charge in [0, 0.05) is 18.1 Å². The van der Waals surface area contributed by atoms with E-state index in [-0.39, 0.29) is 40.4 Å². The van der Waals surface area contributed by atoms with Crippen molar-refractivity contribution in [2.24, 2.45) is 5.92 Å². The molecule has 0 unspecified atom stereocenters. The monoisotopic (exact) mass is 607 g/mol. The number of anilines is 1. The molecule has 0 heterocycles. The molecule has 0 aliphatic rings. The van der Waals surface area contributed by atoms with E-state index in [1.165, 1.54) is 23.1 Å². The van der Waals surface area contributed by atoms with Crippen molar-refractivity contribution in [2.45, 2.75) is 44.7 Å². The Morgan fingerprint density at radius 2 is 1.60 bits per heavy atom. The molecule has 11 heteroatoms. The molecule has 0 radical (unpaired) electrons. The second kappa shape index (κ2) is 14.0. The SMILES string of the molecule is CC[C@H](C(=O)NCC(C)C)N(Cc1ccccc1Cl)C(=O)CN(c1ccc(F)c(Cl)c1)S(=O)(=O)c1ccccc1. The van der Waals surface area contributed by atoms with Crippen LogP contribution in [0.2, 0.25) is 10.0 Å². The number of carbonyl (C=O) groups excluding carboxylic acids is 2. The Hall–Kier alpha value is -3.14. The third-order valence-corrected chi connectivity index (χ3v) is 8.62. The van der Waals surface area contributed by atoms with Crippen molar-refractivity contribution in [3.05, 3.63) is 94.2 Å². The maximum atomic E-state index is 14.0. The molecule has 3 rings (SSSR count). The molecule has 0 saturated carbocycles. The first-order chi connectivity index (χ1) is 18.9. The van der Waals surface area contributed by atoms with Crippen molar-refractivity contribution in [2.75, 3.05) is 17.4 Å². The Bertz CT molecular complexity index is 1440. The lowest BCUT2D eigenvalue weighted by molar-refractivity contribution is -0.140. The maximum absolute atomic E-state index is 14.0. The van der Waals surface area contributed by atoms with Crippen LogP contribution in [0.1, 0.15) is 32.8 Å². The van der Waals surface area contributed by atoms with E-state index in [2.05, 4.69) is 5.32 Å². The van der Waals surface area contributed by atoms with E-state index >= 15 is 0 Å². The number of halogens is 3. The Labute approximate surface area is 244 Å². The molecular weight excluding hydrogens is 576 g/mol. The highest BCUT2D eigenvalue weighted by Gasteiger charge is 2.34. The lowest BCUT2D eigenvalue weighted by Gasteiger charge is -2.33. The molecule has 0 fully saturated rings. The smallest absolute Gasteiger partial charge is 0.264 e. The van der Waals surface area contributed by atoms with E-state index in [9.17, 15) is 22.4 Å². The quantitative estimate of drug-likeness (QED) is 0.277. The van der Waals surface area contributed by atoms with Gasteiger partial charge >= 0.3 is 0 Å². The van der Waals surface area contributed by atoms with Gasteiger partial charge in [-0.25, -0.2) is 12.8 Å². The van der Waals surface area contributed by atoms with E-state index in [0.717, 1.165) is 16.4 Å². The summed E-state index contributed by atoms with van der Waals surface area (Å²) in [6.45, 7) is 5.38. The van der Waals surface area contributed by atoms with Crippen molar-refractivity contribution in [1.29, 1.82) is 0 Å². The molecule has 0 spiro atoms. The molecule has 0 aromatic heterocycles. The Kier molecular flexibility index (Phi) is 11.0. The van der Waals surface area contributed by atoms with Crippen LogP contribution >= 0.6 is 23.2 Å². The highest BCUT2D eigenvalue weighted by molar-refractivity contribution is 7.92. The molecule has 1 atom stereocenters. The molecule has 3 aromatic carbocycles. The van der Waals surface area contributed by atoms with Crippen LogP contribution in [-0.4, -0.2) is 44.3 Å². The van der Waals surface area contributed by atoms with Gasteiger partial charge in [0.05, 0.1) is 15.6 Å². The van der Waals surface area contributed by atoms with Gasteiger partial charge < -0.3 is 10.2 Å². The van der Waals surface area contributed by atoms with Crippen LogP contribution in [0.25, 0.3) is 0 Å². The third-order valence-electron chi connectivity index (χ3n) is 6.17. The van der Waals surface area contributed by atoms with Crippen LogP contribution in [-0.2, 0) is 26.2 Å². The number of hydrogen-bond donors (Lipinski definition) is 1. The first kappa shape index (κ1) is 31.4. The third kappa shape index (κ3) is 7.74. The summed E-state index contributed by atoms with van der Waals surface area (Å²) in [5, 5.41) is 2.97. The molecule has 3 aromatic rings. The van der Waals surface area contributed by atoms with Crippen LogP contribution in [0.4, 0.5) is 10.1 Å². The van der Waals surface area contributed by atoms with Crippen molar-refractivity contribution >= 4 is 50.7 Å². The fraction of sp³-hybridized carbons (Fsp3) is 0.310. The van der Waals surface area contributed by atoms with Crippen molar-refractivity contribution in [3.8, 4) is 0 Å². The highest BCUT2D eigenvalue weighted by Crippen LogP contribution is 2.29. The van der Waals surface area contributed by atoms with Crippen LogP contribution in [0, 0.1) is 11.7 Å². The van der Waals surface area contributed by atoms with Crippen molar-refractivity contribution < 1.29 is 22.4 Å². The minimum absolute atomic E-state index is 0.00129. The van der Waals surface area contributed by atoms with E-state index in [4.69, 9.17) is 23.2 Å². The number of amides is 2. The summed E-state index contributed by atoms with van der Waals surface area (Å²) in [5.74, 6) is -1.56. The van der Waals surface area contributed by atoms with Gasteiger partial charge in [-0.15, -0.1) is 0 Å². The minimum Gasteiger partial charge on any atom is -0.354 e. The zero-order valence-electron chi connectivity index (χ0n) is 22.5. The first-order valence-electron chi connectivity index (χ1n) is 12.8. The summed E-state index contributed by atoms with van der Waals surface area (Å²) >= 11 is 12.4. The number of sulfonamides is 1. The summed E-state index contributed by atoms with van der Waals surface area (Å²) in [6, 6.07) is 17.0. The second-order valence-corrected chi connectivity index (χ2v) is 12.3. The number of carbonyl (C=O) groups is 2. The second-order valence-electron chi connectivity index (χ2n) is 9.60.